The summed E-state index contributed by atoms with van der Waals surface area (Å²) < 4.78 is 28.5. The van der Waals surface area contributed by atoms with Gasteiger partial charge in [-0.05, 0) is 25.1 Å². The van der Waals surface area contributed by atoms with Crippen LogP contribution in [0.5, 0.6) is 11.5 Å². The van der Waals surface area contributed by atoms with Crippen LogP contribution in [0.25, 0.3) is 16.8 Å². The Kier molecular flexibility index (Phi) is 3.64. The third-order valence-electron chi connectivity index (χ3n) is 5.61. The average Bonchev–Trinajstić information content (AvgIpc) is 3.40. The highest BCUT2D eigenvalue weighted by molar-refractivity contribution is 5.81. The van der Waals surface area contributed by atoms with E-state index in [4.69, 9.17) is 9.47 Å². The summed E-state index contributed by atoms with van der Waals surface area (Å²) in [6, 6.07) is 5.04. The van der Waals surface area contributed by atoms with Crippen LogP contribution in [0.4, 0.5) is 10.2 Å². The SMILES string of the molecule is Cc1ncc(-c2cc3c(n4cnnc24)NCc2c(F)ccc4c2C(CO4)CO3)cn1. The Labute approximate surface area is 170 Å². The van der Waals surface area contributed by atoms with Crippen molar-refractivity contribution in [1.29, 1.82) is 0 Å². The molecule has 1 unspecified atom stereocenters. The minimum absolute atomic E-state index is 0.0405. The van der Waals surface area contributed by atoms with Gasteiger partial charge in [0.1, 0.15) is 23.7 Å². The van der Waals surface area contributed by atoms with Crippen LogP contribution in [0, 0.1) is 12.7 Å². The Bertz CT molecular complexity index is 1290. The van der Waals surface area contributed by atoms with Gasteiger partial charge in [-0.3, -0.25) is 4.40 Å². The van der Waals surface area contributed by atoms with E-state index < -0.39 is 0 Å². The lowest BCUT2D eigenvalue weighted by Gasteiger charge is -2.16. The summed E-state index contributed by atoms with van der Waals surface area (Å²) in [5, 5.41) is 11.7. The van der Waals surface area contributed by atoms with Gasteiger partial charge >= 0.3 is 0 Å². The van der Waals surface area contributed by atoms with Crippen molar-refractivity contribution >= 4 is 11.5 Å². The van der Waals surface area contributed by atoms with Crippen molar-refractivity contribution in [3.63, 3.8) is 0 Å². The van der Waals surface area contributed by atoms with Crippen LogP contribution in [0.2, 0.25) is 0 Å². The van der Waals surface area contributed by atoms with Crippen molar-refractivity contribution in [2.24, 2.45) is 0 Å². The molecule has 5 heterocycles. The number of rotatable bonds is 1. The number of aryl methyl sites for hydroxylation is 1. The van der Waals surface area contributed by atoms with Gasteiger partial charge in [0.05, 0.1) is 19.1 Å². The minimum Gasteiger partial charge on any atom is -0.493 e. The van der Waals surface area contributed by atoms with E-state index in [1.165, 1.54) is 6.07 Å². The average molecular weight is 404 g/mol. The highest BCUT2D eigenvalue weighted by Crippen LogP contribution is 2.41. The molecule has 0 saturated carbocycles. The van der Waals surface area contributed by atoms with Crippen molar-refractivity contribution < 1.29 is 13.9 Å². The molecule has 0 bridgehead atoms. The van der Waals surface area contributed by atoms with Gasteiger partial charge in [-0.2, -0.15) is 0 Å². The number of nitrogens with one attached hydrogen (secondary N) is 1. The van der Waals surface area contributed by atoms with E-state index in [2.05, 4.69) is 25.5 Å². The molecule has 3 aromatic heterocycles. The normalized spacial score (nSPS) is 17.1. The fraction of sp³-hybridized carbons (Fsp3) is 0.238. The molecule has 4 aromatic rings. The number of pyridine rings is 1. The van der Waals surface area contributed by atoms with Crippen LogP contribution in [0.15, 0.2) is 36.9 Å². The molecular formula is C21H17FN6O2. The number of hydrogen-bond donors (Lipinski definition) is 1. The quantitative estimate of drug-likeness (QED) is 0.522. The Balaban J connectivity index is 1.51. The van der Waals surface area contributed by atoms with Crippen molar-refractivity contribution in [1.82, 2.24) is 24.6 Å². The zero-order valence-electron chi connectivity index (χ0n) is 16.1. The van der Waals surface area contributed by atoms with Gasteiger partial charge < -0.3 is 14.8 Å². The maximum absolute atomic E-state index is 14.7. The first-order valence-corrected chi connectivity index (χ1v) is 9.65. The monoisotopic (exact) mass is 404 g/mol. The van der Waals surface area contributed by atoms with Gasteiger partial charge in [0.15, 0.2) is 17.2 Å². The molecule has 2 aliphatic rings. The molecule has 30 heavy (non-hydrogen) atoms. The summed E-state index contributed by atoms with van der Waals surface area (Å²) in [6.07, 6.45) is 5.12. The summed E-state index contributed by atoms with van der Waals surface area (Å²) in [4.78, 5) is 8.59. The fourth-order valence-electron chi connectivity index (χ4n) is 4.13. The number of hydrogen-bond acceptors (Lipinski definition) is 7. The number of ether oxygens (including phenoxy) is 2. The predicted molar refractivity (Wildman–Crippen MR) is 106 cm³/mol. The van der Waals surface area contributed by atoms with E-state index in [9.17, 15) is 4.39 Å². The largest absolute Gasteiger partial charge is 0.493 e. The van der Waals surface area contributed by atoms with Crippen molar-refractivity contribution in [3.05, 3.63) is 59.7 Å². The van der Waals surface area contributed by atoms with Crippen LogP contribution < -0.4 is 14.8 Å². The van der Waals surface area contributed by atoms with E-state index in [0.717, 1.165) is 22.4 Å². The summed E-state index contributed by atoms with van der Waals surface area (Å²) in [5.74, 6) is 2.41. The van der Waals surface area contributed by atoms with Crippen molar-refractivity contribution in [2.75, 3.05) is 18.5 Å². The second-order valence-corrected chi connectivity index (χ2v) is 7.42. The van der Waals surface area contributed by atoms with Crippen LogP contribution in [-0.2, 0) is 6.54 Å². The van der Waals surface area contributed by atoms with Crippen molar-refractivity contribution in [2.45, 2.75) is 19.4 Å². The second kappa shape index (κ2) is 6.38. The topological polar surface area (TPSA) is 86.5 Å². The molecule has 9 heteroatoms. The van der Waals surface area contributed by atoms with Gasteiger partial charge in [-0.25, -0.2) is 14.4 Å². The smallest absolute Gasteiger partial charge is 0.170 e. The number of nitrogens with zero attached hydrogens (tertiary/aromatic N) is 5. The first-order valence-electron chi connectivity index (χ1n) is 9.65. The summed E-state index contributed by atoms with van der Waals surface area (Å²) in [7, 11) is 0. The van der Waals surface area contributed by atoms with Gasteiger partial charge in [0, 0.05) is 41.2 Å². The molecule has 0 spiro atoms. The molecular weight excluding hydrogens is 387 g/mol. The Morgan fingerprint density at radius 3 is 2.77 bits per heavy atom. The lowest BCUT2D eigenvalue weighted by Crippen LogP contribution is -2.13. The van der Waals surface area contributed by atoms with E-state index in [1.54, 1.807) is 24.8 Å². The summed E-state index contributed by atoms with van der Waals surface area (Å²) >= 11 is 0. The molecule has 1 aromatic carbocycles. The fourth-order valence-corrected chi connectivity index (χ4v) is 4.13. The van der Waals surface area contributed by atoms with E-state index >= 15 is 0 Å². The highest BCUT2D eigenvalue weighted by Gasteiger charge is 2.31. The van der Waals surface area contributed by atoms with Crippen LogP contribution >= 0.6 is 0 Å². The zero-order valence-corrected chi connectivity index (χ0v) is 16.1. The molecule has 0 fully saturated rings. The lowest BCUT2D eigenvalue weighted by molar-refractivity contribution is 0.249. The number of fused-ring (bicyclic) bond motifs is 3. The molecule has 0 radical (unpaired) electrons. The van der Waals surface area contributed by atoms with Gasteiger partial charge in [-0.1, -0.05) is 0 Å². The van der Waals surface area contributed by atoms with E-state index in [0.29, 0.717) is 48.4 Å². The maximum Gasteiger partial charge on any atom is 0.170 e. The molecule has 2 aliphatic heterocycles. The van der Waals surface area contributed by atoms with Crippen LogP contribution in [0.3, 0.4) is 0 Å². The second-order valence-electron chi connectivity index (χ2n) is 7.42. The van der Waals surface area contributed by atoms with Crippen molar-refractivity contribution in [3.8, 4) is 22.6 Å². The molecule has 0 aliphatic carbocycles. The Morgan fingerprint density at radius 2 is 1.93 bits per heavy atom. The number of halogens is 1. The first-order chi connectivity index (χ1) is 14.7. The molecule has 6 rings (SSSR count). The standard InChI is InChI=1S/C21H17FN6O2/c1-11-23-5-12(6-24-11)14-4-18-21(28-10-26-27-20(14)28)25-7-15-16(22)2-3-17-19(15)13(8-29-17)9-30-18/h2-6,10,13,25H,7-9H2,1H3. The van der Waals surface area contributed by atoms with Gasteiger partial charge in [0.2, 0.25) is 0 Å². The molecule has 0 saturated heterocycles. The molecule has 1 N–H and O–H groups in total. The van der Waals surface area contributed by atoms with Crippen LogP contribution in [-0.4, -0.2) is 37.8 Å². The van der Waals surface area contributed by atoms with E-state index in [1.807, 2.05) is 17.4 Å². The number of aromatic nitrogens is 5. The maximum atomic E-state index is 14.7. The Hall–Kier alpha value is -3.75. The number of benzene rings is 1. The van der Waals surface area contributed by atoms with E-state index in [-0.39, 0.29) is 11.7 Å². The number of anilines is 1. The first kappa shape index (κ1) is 17.1. The third kappa shape index (κ3) is 2.51. The zero-order chi connectivity index (χ0) is 20.2. The molecule has 8 nitrogen and oxygen atoms in total. The van der Waals surface area contributed by atoms with Crippen LogP contribution in [0.1, 0.15) is 22.9 Å². The van der Waals surface area contributed by atoms with Gasteiger partial charge in [-0.15, -0.1) is 10.2 Å². The van der Waals surface area contributed by atoms with Gasteiger partial charge in [0.25, 0.3) is 0 Å². The minimum atomic E-state index is -0.256. The third-order valence-corrected chi connectivity index (χ3v) is 5.61. The summed E-state index contributed by atoms with van der Waals surface area (Å²) in [5.41, 5.74) is 3.73. The summed E-state index contributed by atoms with van der Waals surface area (Å²) in [6.45, 7) is 2.97. The highest BCUT2D eigenvalue weighted by atomic mass is 19.1. The lowest BCUT2D eigenvalue weighted by atomic mass is 9.96. The predicted octanol–water partition coefficient (Wildman–Crippen LogP) is 3.11. The molecule has 1 atom stereocenters. The molecule has 150 valence electrons. The Morgan fingerprint density at radius 1 is 1.13 bits per heavy atom. The molecule has 0 amide bonds.